The quantitative estimate of drug-likeness (QED) is 0.925. The highest BCUT2D eigenvalue weighted by molar-refractivity contribution is 5.95. The average Bonchev–Trinajstić information content (AvgIpc) is 2.73. The Bertz CT molecular complexity index is 715. The molecular formula is C19H20FNO3. The number of likely N-dealkylation sites (N-methyl/N-ethyl adjacent to an activating group) is 1. The number of allylic oxidation sites excluding steroid dienone is 3. The lowest BCUT2D eigenvalue weighted by atomic mass is 9.69. The van der Waals surface area contributed by atoms with Gasteiger partial charge in [-0.25, -0.2) is 4.39 Å². The summed E-state index contributed by atoms with van der Waals surface area (Å²) in [5.74, 6) is -0.794. The van der Waals surface area contributed by atoms with Crippen LogP contribution < -0.4 is 0 Å². The van der Waals surface area contributed by atoms with Crippen LogP contribution >= 0.6 is 0 Å². The first kappa shape index (κ1) is 15.4. The van der Waals surface area contributed by atoms with E-state index in [4.69, 9.17) is 4.74 Å². The molecule has 4 aliphatic rings. The molecule has 1 aromatic rings. The summed E-state index contributed by atoms with van der Waals surface area (Å²) >= 11 is 0. The van der Waals surface area contributed by atoms with E-state index in [-0.39, 0.29) is 12.3 Å². The summed E-state index contributed by atoms with van der Waals surface area (Å²) in [6, 6.07) is 9.06. The SMILES string of the molecule is CN1C(=O)C2=CC=C(OCc3ccccc3)C3C(F)C1CC(O)C23. The zero-order chi connectivity index (χ0) is 16.8. The molecule has 1 saturated carbocycles. The summed E-state index contributed by atoms with van der Waals surface area (Å²) in [5.41, 5.74) is 1.49. The predicted octanol–water partition coefficient (Wildman–Crippen LogP) is 2.20. The van der Waals surface area contributed by atoms with Gasteiger partial charge in [0.1, 0.15) is 18.5 Å². The van der Waals surface area contributed by atoms with E-state index in [0.29, 0.717) is 17.9 Å². The van der Waals surface area contributed by atoms with Crippen molar-refractivity contribution in [2.75, 3.05) is 7.05 Å². The van der Waals surface area contributed by atoms with Gasteiger partial charge in [-0.2, -0.15) is 0 Å². The predicted molar refractivity (Wildman–Crippen MR) is 86.5 cm³/mol. The second-order valence-corrected chi connectivity index (χ2v) is 6.75. The maximum atomic E-state index is 15.1. The first-order valence-electron chi connectivity index (χ1n) is 8.25. The standard InChI is InChI=1S/C19H20FNO3/c1-21-13-9-14(22)16-12(19(21)23)7-8-15(17(16)18(13)20)24-10-11-5-3-2-4-6-11/h2-8,13-14,16-18,22H,9-10H2,1H3. The molecule has 0 spiro atoms. The van der Waals surface area contributed by atoms with E-state index in [1.54, 1.807) is 19.2 Å². The van der Waals surface area contributed by atoms with E-state index >= 15 is 4.39 Å². The molecule has 3 fully saturated rings. The molecule has 0 aromatic heterocycles. The van der Waals surface area contributed by atoms with Gasteiger partial charge in [-0.3, -0.25) is 4.79 Å². The van der Waals surface area contributed by atoms with Crippen LogP contribution in [0.25, 0.3) is 0 Å². The van der Waals surface area contributed by atoms with E-state index in [0.717, 1.165) is 5.56 Å². The Morgan fingerprint density at radius 1 is 1.25 bits per heavy atom. The highest BCUT2D eigenvalue weighted by Crippen LogP contribution is 2.48. The number of halogens is 1. The molecule has 5 heteroatoms. The number of aliphatic hydroxyl groups is 1. The van der Waals surface area contributed by atoms with Crippen molar-refractivity contribution in [2.45, 2.75) is 31.3 Å². The van der Waals surface area contributed by atoms with Crippen LogP contribution in [0.15, 0.2) is 53.8 Å². The molecule has 126 valence electrons. The Kier molecular flexibility index (Phi) is 3.68. The number of ether oxygens (including phenoxy) is 1. The van der Waals surface area contributed by atoms with E-state index in [1.165, 1.54) is 4.90 Å². The lowest BCUT2D eigenvalue weighted by Gasteiger charge is -2.41. The van der Waals surface area contributed by atoms with Crippen molar-refractivity contribution in [3.05, 3.63) is 59.4 Å². The smallest absolute Gasteiger partial charge is 0.250 e. The molecule has 5 unspecified atom stereocenters. The second kappa shape index (κ2) is 5.74. The number of alkyl halides is 1. The molecule has 1 N–H and O–H groups in total. The number of carbonyl (C=O) groups is 1. The lowest BCUT2D eigenvalue weighted by molar-refractivity contribution is -0.128. The fourth-order valence-corrected chi connectivity index (χ4v) is 4.15. The third-order valence-electron chi connectivity index (χ3n) is 5.42. The summed E-state index contributed by atoms with van der Waals surface area (Å²) < 4.78 is 21.0. The monoisotopic (exact) mass is 329 g/mol. The van der Waals surface area contributed by atoms with Gasteiger partial charge in [0.05, 0.1) is 18.1 Å². The highest BCUT2D eigenvalue weighted by atomic mass is 19.1. The van der Waals surface area contributed by atoms with Gasteiger partial charge in [0.2, 0.25) is 5.91 Å². The number of fused-ring (bicyclic) bond motifs is 2. The molecule has 24 heavy (non-hydrogen) atoms. The van der Waals surface area contributed by atoms with Crippen molar-refractivity contribution in [3.8, 4) is 0 Å². The maximum absolute atomic E-state index is 15.1. The van der Waals surface area contributed by atoms with Crippen LogP contribution in [-0.4, -0.2) is 41.3 Å². The van der Waals surface area contributed by atoms with E-state index in [2.05, 4.69) is 0 Å². The Morgan fingerprint density at radius 2 is 2.00 bits per heavy atom. The van der Waals surface area contributed by atoms with Crippen molar-refractivity contribution >= 4 is 5.91 Å². The number of benzene rings is 1. The zero-order valence-corrected chi connectivity index (χ0v) is 13.4. The topological polar surface area (TPSA) is 49.8 Å². The Hall–Kier alpha value is -2.14. The minimum Gasteiger partial charge on any atom is -0.493 e. The number of hydrogen-bond donors (Lipinski definition) is 1. The molecule has 2 saturated heterocycles. The van der Waals surface area contributed by atoms with Crippen LogP contribution in [0.5, 0.6) is 0 Å². The van der Waals surface area contributed by atoms with Crippen LogP contribution in [0, 0.1) is 11.8 Å². The first-order chi connectivity index (χ1) is 11.6. The number of amides is 1. The number of aliphatic hydroxyl groups excluding tert-OH is 1. The summed E-state index contributed by atoms with van der Waals surface area (Å²) in [7, 11) is 1.61. The molecule has 2 aliphatic heterocycles. The fraction of sp³-hybridized carbons (Fsp3) is 0.421. The van der Waals surface area contributed by atoms with Crippen molar-refractivity contribution in [3.63, 3.8) is 0 Å². The normalized spacial score (nSPS) is 34.5. The summed E-state index contributed by atoms with van der Waals surface area (Å²) in [6.45, 7) is 0.344. The van der Waals surface area contributed by atoms with Gasteiger partial charge in [-0.05, 0) is 24.1 Å². The number of carbonyl (C=O) groups excluding carboxylic acids is 1. The number of hydrogen-bond acceptors (Lipinski definition) is 3. The third-order valence-corrected chi connectivity index (χ3v) is 5.42. The van der Waals surface area contributed by atoms with Gasteiger partial charge in [0.15, 0.2) is 0 Å². The summed E-state index contributed by atoms with van der Waals surface area (Å²) in [6.07, 6.45) is 1.69. The van der Waals surface area contributed by atoms with Crippen LogP contribution in [0.1, 0.15) is 12.0 Å². The van der Waals surface area contributed by atoms with Gasteiger partial charge in [0, 0.05) is 18.5 Å². The molecule has 4 bridgehead atoms. The Labute approximate surface area is 140 Å². The highest BCUT2D eigenvalue weighted by Gasteiger charge is 2.56. The van der Waals surface area contributed by atoms with Gasteiger partial charge in [-0.1, -0.05) is 30.3 Å². The molecular weight excluding hydrogens is 309 g/mol. The first-order valence-corrected chi connectivity index (χ1v) is 8.25. The molecule has 2 heterocycles. The zero-order valence-electron chi connectivity index (χ0n) is 13.4. The minimum absolute atomic E-state index is 0.190. The molecule has 5 rings (SSSR count). The fourth-order valence-electron chi connectivity index (χ4n) is 4.15. The van der Waals surface area contributed by atoms with Crippen LogP contribution in [0.4, 0.5) is 4.39 Å². The van der Waals surface area contributed by atoms with Gasteiger partial charge in [-0.15, -0.1) is 0 Å². The largest absolute Gasteiger partial charge is 0.493 e. The van der Waals surface area contributed by atoms with E-state index in [1.807, 2.05) is 30.3 Å². The molecule has 5 atom stereocenters. The molecule has 1 amide bonds. The number of rotatable bonds is 3. The van der Waals surface area contributed by atoms with Gasteiger partial charge in [0.25, 0.3) is 0 Å². The van der Waals surface area contributed by atoms with Crippen LogP contribution in [-0.2, 0) is 16.1 Å². The molecule has 1 aromatic carbocycles. The Morgan fingerprint density at radius 3 is 2.75 bits per heavy atom. The molecule has 2 aliphatic carbocycles. The average molecular weight is 329 g/mol. The van der Waals surface area contributed by atoms with Crippen molar-refractivity contribution < 1.29 is 19.0 Å². The van der Waals surface area contributed by atoms with E-state index < -0.39 is 30.2 Å². The van der Waals surface area contributed by atoms with Crippen LogP contribution in [0.3, 0.4) is 0 Å². The van der Waals surface area contributed by atoms with Crippen molar-refractivity contribution in [1.29, 1.82) is 0 Å². The molecule has 0 radical (unpaired) electrons. The maximum Gasteiger partial charge on any atom is 0.250 e. The van der Waals surface area contributed by atoms with Crippen LogP contribution in [0.2, 0.25) is 0 Å². The lowest BCUT2D eigenvalue weighted by Crippen LogP contribution is -2.50. The summed E-state index contributed by atoms with van der Waals surface area (Å²) in [4.78, 5) is 13.9. The number of nitrogens with zero attached hydrogens (tertiary/aromatic N) is 1. The molecule has 4 nitrogen and oxygen atoms in total. The van der Waals surface area contributed by atoms with E-state index in [9.17, 15) is 9.90 Å². The summed E-state index contributed by atoms with van der Waals surface area (Å²) in [5, 5.41) is 10.5. The van der Waals surface area contributed by atoms with Crippen molar-refractivity contribution in [2.24, 2.45) is 11.8 Å². The van der Waals surface area contributed by atoms with Crippen molar-refractivity contribution in [1.82, 2.24) is 4.90 Å². The second-order valence-electron chi connectivity index (χ2n) is 6.75. The van der Waals surface area contributed by atoms with Gasteiger partial charge < -0.3 is 14.7 Å². The van der Waals surface area contributed by atoms with Gasteiger partial charge >= 0.3 is 0 Å². The minimum atomic E-state index is -1.24. The Balaban J connectivity index is 1.65. The third kappa shape index (κ3) is 2.26.